The van der Waals surface area contributed by atoms with E-state index in [2.05, 4.69) is 10.2 Å². The second kappa shape index (κ2) is 11.1. The summed E-state index contributed by atoms with van der Waals surface area (Å²) in [6, 6.07) is 17.9. The number of carbonyl (C=O) groups is 1. The molecule has 2 aromatic rings. The van der Waals surface area contributed by atoms with Crippen LogP contribution in [-0.4, -0.2) is 50.9 Å². The lowest BCUT2D eigenvalue weighted by Crippen LogP contribution is -2.36. The van der Waals surface area contributed by atoms with Crippen LogP contribution in [0, 0.1) is 0 Å². The lowest BCUT2D eigenvalue weighted by Gasteiger charge is -2.26. The molecule has 0 bridgehead atoms. The summed E-state index contributed by atoms with van der Waals surface area (Å²) in [5.74, 6) is 1.89. The van der Waals surface area contributed by atoms with E-state index in [4.69, 9.17) is 9.47 Å². The zero-order chi connectivity index (χ0) is 19.9. The standard InChI is InChI=1S/C22H26N2O3S.ClH/c1-24(2)19(16-9-11-18(26-3)12-10-16)15-23-22(25)20-21(28-14-13-27-20)17-7-5-4-6-8-17;/h4-12,19H,13-15H2,1-3H3,(H,23,25);1H. The minimum atomic E-state index is -0.175. The Kier molecular flexibility index (Phi) is 8.89. The average molecular weight is 435 g/mol. The Balaban J connectivity index is 0.00000300. The fourth-order valence-corrected chi connectivity index (χ4v) is 4.04. The number of likely N-dealkylation sites (N-methyl/N-ethyl adjacent to an activating group) is 1. The Labute approximate surface area is 182 Å². The van der Waals surface area contributed by atoms with Crippen molar-refractivity contribution in [3.63, 3.8) is 0 Å². The van der Waals surface area contributed by atoms with Gasteiger partial charge in [0, 0.05) is 12.3 Å². The highest BCUT2D eigenvalue weighted by Gasteiger charge is 2.24. The van der Waals surface area contributed by atoms with Gasteiger partial charge in [-0.25, -0.2) is 0 Å². The molecule has 1 aliphatic heterocycles. The zero-order valence-corrected chi connectivity index (χ0v) is 18.5. The van der Waals surface area contributed by atoms with Gasteiger partial charge >= 0.3 is 0 Å². The van der Waals surface area contributed by atoms with Crippen LogP contribution in [0.4, 0.5) is 0 Å². The molecule has 7 heteroatoms. The summed E-state index contributed by atoms with van der Waals surface area (Å²) in [7, 11) is 5.66. The van der Waals surface area contributed by atoms with Gasteiger partial charge in [0.05, 0.1) is 24.7 Å². The van der Waals surface area contributed by atoms with Crippen LogP contribution < -0.4 is 10.1 Å². The fourth-order valence-electron chi connectivity index (χ4n) is 3.09. The Morgan fingerprint density at radius 1 is 1.17 bits per heavy atom. The molecule has 1 unspecified atom stereocenters. The molecule has 0 fully saturated rings. The molecule has 29 heavy (non-hydrogen) atoms. The molecule has 1 aliphatic rings. The third-order valence-corrected chi connectivity index (χ3v) is 5.69. The highest BCUT2D eigenvalue weighted by atomic mass is 35.5. The van der Waals surface area contributed by atoms with Crippen molar-refractivity contribution in [1.82, 2.24) is 10.2 Å². The number of hydrogen-bond donors (Lipinski definition) is 1. The van der Waals surface area contributed by atoms with Crippen LogP contribution in [0.15, 0.2) is 60.4 Å². The third kappa shape index (κ3) is 5.92. The maximum Gasteiger partial charge on any atom is 0.287 e. The third-order valence-electron chi connectivity index (χ3n) is 4.60. The Morgan fingerprint density at radius 3 is 2.48 bits per heavy atom. The van der Waals surface area contributed by atoms with Crippen LogP contribution in [0.5, 0.6) is 5.75 Å². The second-order valence-electron chi connectivity index (χ2n) is 6.68. The number of methoxy groups -OCH3 is 1. The van der Waals surface area contributed by atoms with Crippen molar-refractivity contribution in [2.75, 3.05) is 40.1 Å². The van der Waals surface area contributed by atoms with Crippen molar-refractivity contribution in [2.45, 2.75) is 6.04 Å². The van der Waals surface area contributed by atoms with Gasteiger partial charge in [-0.15, -0.1) is 24.2 Å². The van der Waals surface area contributed by atoms with Gasteiger partial charge in [-0.3, -0.25) is 4.79 Å². The molecule has 0 spiro atoms. The first-order valence-corrected chi connectivity index (χ1v) is 10.2. The molecule has 3 rings (SSSR count). The highest BCUT2D eigenvalue weighted by Crippen LogP contribution is 2.34. The number of halogens is 1. The van der Waals surface area contributed by atoms with Crippen LogP contribution in [0.25, 0.3) is 4.91 Å². The maximum atomic E-state index is 12.9. The van der Waals surface area contributed by atoms with Gasteiger partial charge in [0.25, 0.3) is 5.91 Å². The smallest absolute Gasteiger partial charge is 0.287 e. The molecule has 1 N–H and O–H groups in total. The van der Waals surface area contributed by atoms with E-state index in [9.17, 15) is 4.79 Å². The van der Waals surface area contributed by atoms with E-state index in [-0.39, 0.29) is 24.4 Å². The Morgan fingerprint density at radius 2 is 1.86 bits per heavy atom. The van der Waals surface area contributed by atoms with Gasteiger partial charge < -0.3 is 19.7 Å². The molecule has 5 nitrogen and oxygen atoms in total. The summed E-state index contributed by atoms with van der Waals surface area (Å²) in [6.07, 6.45) is 0. The fraction of sp³-hybridized carbons (Fsp3) is 0.318. The minimum absolute atomic E-state index is 0. The van der Waals surface area contributed by atoms with Gasteiger partial charge in [0.2, 0.25) is 0 Å². The second-order valence-corrected chi connectivity index (χ2v) is 7.79. The Hall–Kier alpha value is -2.15. The number of nitrogens with one attached hydrogen (secondary N) is 1. The van der Waals surface area contributed by atoms with Crippen LogP contribution in [0.2, 0.25) is 0 Å². The predicted octanol–water partition coefficient (Wildman–Crippen LogP) is 3.97. The van der Waals surface area contributed by atoms with E-state index < -0.39 is 0 Å². The van der Waals surface area contributed by atoms with E-state index in [1.165, 1.54) is 0 Å². The molecule has 156 valence electrons. The maximum absolute atomic E-state index is 12.9. The van der Waals surface area contributed by atoms with Gasteiger partial charge in [-0.05, 0) is 37.4 Å². The lowest BCUT2D eigenvalue weighted by molar-refractivity contribution is -0.120. The van der Waals surface area contributed by atoms with Gasteiger partial charge in [-0.2, -0.15) is 0 Å². The number of ether oxygens (including phenoxy) is 2. The topological polar surface area (TPSA) is 50.8 Å². The van der Waals surface area contributed by atoms with E-state index in [0.29, 0.717) is 18.9 Å². The highest BCUT2D eigenvalue weighted by molar-refractivity contribution is 8.08. The normalized spacial score (nSPS) is 14.6. The van der Waals surface area contributed by atoms with Crippen LogP contribution in [0.3, 0.4) is 0 Å². The summed E-state index contributed by atoms with van der Waals surface area (Å²) in [5, 5.41) is 3.05. The van der Waals surface area contributed by atoms with Gasteiger partial charge in [0.1, 0.15) is 5.75 Å². The summed E-state index contributed by atoms with van der Waals surface area (Å²) < 4.78 is 11.0. The van der Waals surface area contributed by atoms with E-state index in [0.717, 1.165) is 27.5 Å². The average Bonchev–Trinajstić information content (AvgIpc) is 2.74. The largest absolute Gasteiger partial charge is 0.497 e. The summed E-state index contributed by atoms with van der Waals surface area (Å²) >= 11 is 1.66. The van der Waals surface area contributed by atoms with Crippen molar-refractivity contribution in [3.8, 4) is 5.75 Å². The SMILES string of the molecule is COc1ccc(C(CNC(=O)C2=C(c3ccccc3)SCCO2)N(C)C)cc1.Cl. The molecule has 0 aromatic heterocycles. The van der Waals surface area contributed by atoms with Gasteiger partial charge in [0.15, 0.2) is 5.76 Å². The summed E-state index contributed by atoms with van der Waals surface area (Å²) in [5.41, 5.74) is 2.12. The van der Waals surface area contributed by atoms with Crippen molar-refractivity contribution < 1.29 is 14.3 Å². The minimum Gasteiger partial charge on any atom is -0.497 e. The molecule has 1 amide bonds. The number of benzene rings is 2. The first-order chi connectivity index (χ1) is 13.6. The van der Waals surface area contributed by atoms with E-state index in [1.807, 2.05) is 68.7 Å². The van der Waals surface area contributed by atoms with E-state index >= 15 is 0 Å². The predicted molar refractivity (Wildman–Crippen MR) is 121 cm³/mol. The quantitative estimate of drug-likeness (QED) is 0.714. The van der Waals surface area contributed by atoms with Crippen LogP contribution >= 0.6 is 24.2 Å². The van der Waals surface area contributed by atoms with Crippen molar-refractivity contribution in [2.24, 2.45) is 0 Å². The molecule has 1 heterocycles. The summed E-state index contributed by atoms with van der Waals surface area (Å²) in [4.78, 5) is 15.9. The van der Waals surface area contributed by atoms with Crippen molar-refractivity contribution in [3.05, 3.63) is 71.5 Å². The Bertz CT molecular complexity index is 826. The number of nitrogens with zero attached hydrogens (tertiary/aromatic N) is 1. The molecular weight excluding hydrogens is 408 g/mol. The number of carbonyl (C=O) groups excluding carboxylic acids is 1. The molecule has 0 saturated heterocycles. The van der Waals surface area contributed by atoms with E-state index in [1.54, 1.807) is 18.9 Å². The zero-order valence-electron chi connectivity index (χ0n) is 16.9. The van der Waals surface area contributed by atoms with Crippen LogP contribution in [-0.2, 0) is 9.53 Å². The number of rotatable bonds is 7. The van der Waals surface area contributed by atoms with Crippen LogP contribution in [0.1, 0.15) is 17.2 Å². The molecule has 0 radical (unpaired) electrons. The van der Waals surface area contributed by atoms with Gasteiger partial charge in [-0.1, -0.05) is 42.5 Å². The number of thioether (sulfide) groups is 1. The first-order valence-electron chi connectivity index (χ1n) is 9.24. The lowest BCUT2D eigenvalue weighted by atomic mass is 10.1. The summed E-state index contributed by atoms with van der Waals surface area (Å²) in [6.45, 7) is 1.02. The number of amides is 1. The van der Waals surface area contributed by atoms with Crippen molar-refractivity contribution in [1.29, 1.82) is 0 Å². The molecule has 0 aliphatic carbocycles. The monoisotopic (exact) mass is 434 g/mol. The molecule has 2 aromatic carbocycles. The number of hydrogen-bond acceptors (Lipinski definition) is 5. The molecule has 1 atom stereocenters. The molecular formula is C22H27ClN2O3S. The first kappa shape index (κ1) is 23.1. The molecule has 0 saturated carbocycles. The van der Waals surface area contributed by atoms with Crippen molar-refractivity contribution >= 4 is 35.0 Å².